The Morgan fingerprint density at radius 3 is 2.28 bits per heavy atom. The summed E-state index contributed by atoms with van der Waals surface area (Å²) in [7, 11) is -4.15. The quantitative estimate of drug-likeness (QED) is 0.156. The predicted molar refractivity (Wildman–Crippen MR) is 213 cm³/mol. The van der Waals surface area contributed by atoms with Gasteiger partial charge in [-0.15, -0.1) is 6.58 Å². The highest BCUT2D eigenvalue weighted by atomic mass is 32.2. The van der Waals surface area contributed by atoms with Crippen LogP contribution in [0.5, 0.6) is 11.6 Å². The van der Waals surface area contributed by atoms with Gasteiger partial charge >= 0.3 is 6.09 Å². The molecule has 0 radical (unpaired) electrons. The Kier molecular flexibility index (Phi) is 10.6. The Balaban J connectivity index is 1.14. The van der Waals surface area contributed by atoms with Crippen LogP contribution in [-0.4, -0.2) is 77.1 Å². The van der Waals surface area contributed by atoms with Crippen molar-refractivity contribution in [3.05, 3.63) is 115 Å². The highest BCUT2D eigenvalue weighted by molar-refractivity contribution is 7.91. The van der Waals surface area contributed by atoms with E-state index in [1.807, 2.05) is 60.7 Å². The Morgan fingerprint density at radius 2 is 1.63 bits per heavy atom. The van der Waals surface area contributed by atoms with Crippen LogP contribution in [0.3, 0.4) is 0 Å². The second-order valence-electron chi connectivity index (χ2n) is 16.3. The number of pyridine rings is 1. The molecule has 3 N–H and O–H groups in total. The largest absolute Gasteiger partial charge is 0.472 e. The Labute approximate surface area is 332 Å². The van der Waals surface area contributed by atoms with Crippen molar-refractivity contribution in [2.24, 2.45) is 11.3 Å². The van der Waals surface area contributed by atoms with Gasteiger partial charge in [-0.25, -0.2) is 18.2 Å². The monoisotopic (exact) mass is 793 g/mol. The van der Waals surface area contributed by atoms with E-state index in [1.165, 1.54) is 11.0 Å². The molecule has 5 atom stereocenters. The third-order valence-electron chi connectivity index (χ3n) is 11.1. The molecule has 13 nitrogen and oxygen atoms in total. The molecule has 3 aliphatic rings. The molecule has 0 unspecified atom stereocenters. The van der Waals surface area contributed by atoms with Crippen LogP contribution in [-0.2, 0) is 30.8 Å². The number of nitrogens with zero attached hydrogens (tertiary/aromatic N) is 2. The van der Waals surface area contributed by atoms with Crippen LogP contribution in [0.25, 0.3) is 10.8 Å². The SMILES string of the molecule is C=C[C@@H]1C[C@]1(NC(=O)[C@@H]1C[C@@H](Oc2nccc3ccccc23)CN1C(=O)[C@@H](NC(=O)Oc1ccccc1)C(C)(C)C)C(=O)NS(=O)(=O)C1(Cc2ccccc2)CC1. The van der Waals surface area contributed by atoms with Crippen LogP contribution in [0.1, 0.15) is 52.0 Å². The average Bonchev–Trinajstić information content (AvgIpc) is 4.08. The summed E-state index contributed by atoms with van der Waals surface area (Å²) in [5.74, 6) is -2.07. The van der Waals surface area contributed by atoms with Gasteiger partial charge in [0.2, 0.25) is 27.7 Å². The number of carbonyl (C=O) groups is 4. The van der Waals surface area contributed by atoms with Crippen molar-refractivity contribution in [2.75, 3.05) is 6.54 Å². The summed E-state index contributed by atoms with van der Waals surface area (Å²) in [6.45, 7) is 9.11. The third kappa shape index (κ3) is 8.22. The number of ether oxygens (including phenoxy) is 2. The topological polar surface area (TPSA) is 173 Å². The molecular formula is C43H47N5O8S. The van der Waals surface area contributed by atoms with Gasteiger partial charge < -0.3 is 25.0 Å². The number of sulfonamides is 1. The first kappa shape index (κ1) is 39.5. The van der Waals surface area contributed by atoms with Gasteiger partial charge in [0, 0.05) is 23.9 Å². The Hall–Kier alpha value is -5.76. The lowest BCUT2D eigenvalue weighted by Gasteiger charge is -2.35. The van der Waals surface area contributed by atoms with Gasteiger partial charge in [-0.3, -0.25) is 19.1 Å². The maximum absolute atomic E-state index is 14.6. The fraction of sp³-hybridized carbons (Fsp3) is 0.372. The summed E-state index contributed by atoms with van der Waals surface area (Å²) in [6, 6.07) is 24.7. The van der Waals surface area contributed by atoms with Crippen molar-refractivity contribution in [3.63, 3.8) is 0 Å². The fourth-order valence-corrected chi connectivity index (χ4v) is 9.22. The number of para-hydroxylation sites is 1. The number of hydrogen-bond donors (Lipinski definition) is 3. The molecule has 4 amide bonds. The molecule has 0 bridgehead atoms. The lowest BCUT2D eigenvalue weighted by Crippen LogP contribution is -2.60. The summed E-state index contributed by atoms with van der Waals surface area (Å²) in [6.07, 6.45) is 2.72. The van der Waals surface area contributed by atoms with Crippen LogP contribution in [0.4, 0.5) is 4.79 Å². The van der Waals surface area contributed by atoms with E-state index >= 15 is 0 Å². The number of carbonyl (C=O) groups excluding carboxylic acids is 4. The van der Waals surface area contributed by atoms with E-state index in [1.54, 1.807) is 57.3 Å². The zero-order valence-electron chi connectivity index (χ0n) is 32.1. The van der Waals surface area contributed by atoms with Crippen molar-refractivity contribution in [3.8, 4) is 11.6 Å². The number of nitrogens with one attached hydrogen (secondary N) is 3. The van der Waals surface area contributed by atoms with Crippen molar-refractivity contribution >= 4 is 44.6 Å². The summed E-state index contributed by atoms with van der Waals surface area (Å²) in [5, 5.41) is 7.18. The second kappa shape index (κ2) is 15.3. The molecule has 14 heteroatoms. The maximum Gasteiger partial charge on any atom is 0.413 e. The first-order valence-corrected chi connectivity index (χ1v) is 20.5. The minimum atomic E-state index is -4.15. The van der Waals surface area contributed by atoms with Gasteiger partial charge in [0.1, 0.15) is 29.5 Å². The molecular weight excluding hydrogens is 747 g/mol. The van der Waals surface area contributed by atoms with Crippen LogP contribution in [0.2, 0.25) is 0 Å². The normalized spacial score (nSPS) is 22.8. The standard InChI is InChI=1S/C43H47N5O8S/c1-5-30-26-43(30,39(51)47-57(53,54)42(21-22-42)25-28-14-8-6-9-15-28)46-36(49)34-24-32(55-37-33-19-13-12-16-29(33)20-23-44-37)27-48(34)38(50)35(41(2,3)4)45-40(52)56-31-17-10-7-11-18-31/h5-20,23,30,32,34-35H,1,21-22,24-27H2,2-4H3,(H,45,52)(H,46,49)(H,47,51)/t30-,32-,34+,35-,43-/m1/s1. The number of fused-ring (bicyclic) bond motifs is 1. The molecule has 2 heterocycles. The highest BCUT2D eigenvalue weighted by Gasteiger charge is 2.63. The van der Waals surface area contributed by atoms with Crippen LogP contribution < -0.4 is 24.8 Å². The van der Waals surface area contributed by atoms with Gasteiger partial charge in [-0.2, -0.15) is 0 Å². The minimum Gasteiger partial charge on any atom is -0.472 e. The number of hydrogen-bond acceptors (Lipinski definition) is 9. The molecule has 0 spiro atoms. The van der Waals surface area contributed by atoms with E-state index < -0.39 is 73.6 Å². The zero-order chi connectivity index (χ0) is 40.6. The van der Waals surface area contributed by atoms with Crippen LogP contribution in [0, 0.1) is 11.3 Å². The van der Waals surface area contributed by atoms with Crippen molar-refractivity contribution in [1.82, 2.24) is 25.2 Å². The minimum absolute atomic E-state index is 0.0166. The summed E-state index contributed by atoms with van der Waals surface area (Å²) in [5.41, 5.74) is -1.62. The zero-order valence-corrected chi connectivity index (χ0v) is 33.0. The second-order valence-corrected chi connectivity index (χ2v) is 18.3. The Morgan fingerprint density at radius 1 is 0.965 bits per heavy atom. The fourth-order valence-electron chi connectivity index (χ4n) is 7.58. The summed E-state index contributed by atoms with van der Waals surface area (Å²) >= 11 is 0. The first-order valence-electron chi connectivity index (χ1n) is 19.0. The molecule has 3 fully saturated rings. The summed E-state index contributed by atoms with van der Waals surface area (Å²) in [4.78, 5) is 62.1. The van der Waals surface area contributed by atoms with E-state index in [-0.39, 0.29) is 31.6 Å². The molecule has 57 heavy (non-hydrogen) atoms. The van der Waals surface area contributed by atoms with Crippen molar-refractivity contribution in [2.45, 2.75) is 81.3 Å². The number of rotatable bonds is 13. The van der Waals surface area contributed by atoms with Gasteiger partial charge in [0.25, 0.3) is 5.91 Å². The average molecular weight is 794 g/mol. The number of aromatic nitrogens is 1. The van der Waals surface area contributed by atoms with Crippen LogP contribution >= 0.6 is 0 Å². The van der Waals surface area contributed by atoms with E-state index in [4.69, 9.17) is 9.47 Å². The number of amides is 4. The number of likely N-dealkylation sites (tertiary alicyclic amines) is 1. The smallest absolute Gasteiger partial charge is 0.413 e. The molecule has 1 saturated heterocycles. The van der Waals surface area contributed by atoms with Gasteiger partial charge in [-0.05, 0) is 66.3 Å². The first-order chi connectivity index (χ1) is 27.1. The molecule has 7 rings (SSSR count). The molecule has 2 saturated carbocycles. The lowest BCUT2D eigenvalue weighted by molar-refractivity contribution is -0.142. The maximum atomic E-state index is 14.6. The molecule has 298 valence electrons. The van der Waals surface area contributed by atoms with Gasteiger partial charge in [0.15, 0.2) is 0 Å². The molecule has 1 aromatic heterocycles. The van der Waals surface area contributed by atoms with E-state index in [2.05, 4.69) is 26.9 Å². The third-order valence-corrected chi connectivity index (χ3v) is 13.3. The summed E-state index contributed by atoms with van der Waals surface area (Å²) < 4.78 is 40.6. The van der Waals surface area contributed by atoms with Crippen molar-refractivity contribution < 1.29 is 37.1 Å². The van der Waals surface area contributed by atoms with Gasteiger partial charge in [-0.1, -0.05) is 93.6 Å². The molecule has 2 aliphatic carbocycles. The van der Waals surface area contributed by atoms with E-state index in [0.29, 0.717) is 18.7 Å². The van der Waals surface area contributed by atoms with E-state index in [9.17, 15) is 27.6 Å². The predicted octanol–water partition coefficient (Wildman–Crippen LogP) is 5.07. The highest BCUT2D eigenvalue weighted by Crippen LogP contribution is 2.48. The lowest BCUT2D eigenvalue weighted by atomic mass is 9.85. The number of benzene rings is 3. The van der Waals surface area contributed by atoms with Crippen LogP contribution in [0.15, 0.2) is 110 Å². The molecule has 3 aromatic carbocycles. The molecule has 1 aliphatic heterocycles. The molecule has 4 aromatic rings. The van der Waals surface area contributed by atoms with Gasteiger partial charge in [0.05, 0.1) is 11.3 Å². The Bertz CT molecular complexity index is 2290. The van der Waals surface area contributed by atoms with E-state index in [0.717, 1.165) is 16.3 Å². The van der Waals surface area contributed by atoms with Crippen molar-refractivity contribution in [1.29, 1.82) is 0 Å².